The molecule has 1 saturated heterocycles. The van der Waals surface area contributed by atoms with E-state index >= 15 is 0 Å². The zero-order valence-corrected chi connectivity index (χ0v) is 24.2. The molecule has 2 amide bonds. The minimum absolute atomic E-state index is 0.133. The van der Waals surface area contributed by atoms with Gasteiger partial charge in [-0.05, 0) is 44.2 Å². The summed E-state index contributed by atoms with van der Waals surface area (Å²) in [5, 5.41) is 7.56. The van der Waals surface area contributed by atoms with Crippen LogP contribution in [0.25, 0.3) is 5.65 Å². The Morgan fingerprint density at radius 3 is 2.75 bits per heavy atom. The third kappa shape index (κ3) is 5.05. The van der Waals surface area contributed by atoms with Crippen molar-refractivity contribution in [2.75, 3.05) is 36.5 Å². The van der Waals surface area contributed by atoms with E-state index in [0.29, 0.717) is 29.7 Å². The Labute approximate surface area is 234 Å². The minimum Gasteiger partial charge on any atom is -0.355 e. The maximum absolute atomic E-state index is 14.2. The van der Waals surface area contributed by atoms with Crippen molar-refractivity contribution in [3.05, 3.63) is 58.9 Å². The second-order valence-corrected chi connectivity index (χ2v) is 13.3. The fourth-order valence-electron chi connectivity index (χ4n) is 5.79. The van der Waals surface area contributed by atoms with Crippen LogP contribution in [-0.2, 0) is 31.4 Å². The first kappa shape index (κ1) is 28.0. The number of anilines is 1. The highest BCUT2D eigenvalue weighted by molar-refractivity contribution is 7.92. The van der Waals surface area contributed by atoms with Gasteiger partial charge in [0.05, 0.1) is 11.7 Å². The van der Waals surface area contributed by atoms with Crippen LogP contribution in [0.3, 0.4) is 0 Å². The summed E-state index contributed by atoms with van der Waals surface area (Å²) < 4.78 is 26.1. The van der Waals surface area contributed by atoms with Gasteiger partial charge in [0.15, 0.2) is 15.5 Å². The number of hydrogen-bond donors (Lipinski definition) is 2. The summed E-state index contributed by atoms with van der Waals surface area (Å²) in [4.78, 5) is 35.8. The number of amides is 2. The second-order valence-electron chi connectivity index (χ2n) is 11.0. The van der Waals surface area contributed by atoms with Crippen molar-refractivity contribution in [3.63, 3.8) is 0 Å². The normalized spacial score (nSPS) is 21.4. The highest BCUT2D eigenvalue weighted by Crippen LogP contribution is 2.39. The Morgan fingerprint density at radius 1 is 1.30 bits per heavy atom. The number of rotatable bonds is 8. The number of carbonyl (C=O) groups is 2. The highest BCUT2D eigenvalue weighted by atomic mass is 32.2. The van der Waals surface area contributed by atoms with Crippen molar-refractivity contribution in [2.45, 2.75) is 57.7 Å². The lowest BCUT2D eigenvalue weighted by molar-refractivity contribution is -0.142. The Balaban J connectivity index is 1.45. The van der Waals surface area contributed by atoms with Gasteiger partial charge in [-0.25, -0.2) is 17.9 Å². The molecule has 1 aliphatic carbocycles. The van der Waals surface area contributed by atoms with Crippen LogP contribution in [0, 0.1) is 6.92 Å². The molecule has 1 unspecified atom stereocenters. The number of hydrogen-bond acceptors (Lipinski definition) is 8. The fourth-order valence-corrected chi connectivity index (χ4v) is 6.47. The average Bonchev–Trinajstić information content (AvgIpc) is 3.64. The number of carbonyl (C=O) groups excluding carboxylic acids is 2. The molecule has 0 bridgehead atoms. The highest BCUT2D eigenvalue weighted by Gasteiger charge is 2.49. The number of nitrogens with two attached hydrogens (primary N) is 1. The lowest BCUT2D eigenvalue weighted by Gasteiger charge is -2.36. The summed E-state index contributed by atoms with van der Waals surface area (Å²) in [5.41, 5.74) is 8.70. The summed E-state index contributed by atoms with van der Waals surface area (Å²) in [7, 11) is -1.88. The Bertz CT molecular complexity index is 1570. The van der Waals surface area contributed by atoms with Crippen LogP contribution in [0.4, 0.5) is 5.82 Å². The summed E-state index contributed by atoms with van der Waals surface area (Å²) in [6, 6.07) is 9.04. The van der Waals surface area contributed by atoms with Crippen LogP contribution < -0.4 is 16.0 Å². The fraction of sp³-hybridized carbons (Fsp3) is 0.500. The van der Waals surface area contributed by atoms with Gasteiger partial charge in [-0.15, -0.1) is 0 Å². The molecule has 0 radical (unpaired) electrons. The van der Waals surface area contributed by atoms with Gasteiger partial charge in [0, 0.05) is 49.8 Å². The summed E-state index contributed by atoms with van der Waals surface area (Å²) in [6.07, 6.45) is 3.79. The Hall–Kier alpha value is -3.51. The Morgan fingerprint density at radius 2 is 2.05 bits per heavy atom. The van der Waals surface area contributed by atoms with Gasteiger partial charge in [0.2, 0.25) is 5.91 Å². The van der Waals surface area contributed by atoms with E-state index in [2.05, 4.69) is 10.2 Å². The van der Waals surface area contributed by atoms with Crippen molar-refractivity contribution >= 4 is 33.1 Å². The smallest absolute Gasteiger partial charge is 0.253 e. The topological polar surface area (TPSA) is 143 Å². The van der Waals surface area contributed by atoms with Crippen molar-refractivity contribution < 1.29 is 18.0 Å². The van der Waals surface area contributed by atoms with E-state index in [4.69, 9.17) is 15.8 Å². The lowest BCUT2D eigenvalue weighted by atomic mass is 9.89. The zero-order chi connectivity index (χ0) is 28.8. The molecule has 11 nitrogen and oxygen atoms in total. The van der Waals surface area contributed by atoms with Gasteiger partial charge >= 0.3 is 0 Å². The first-order valence-electron chi connectivity index (χ1n) is 13.7. The first-order chi connectivity index (χ1) is 18.9. The van der Waals surface area contributed by atoms with Crippen LogP contribution in [0.1, 0.15) is 55.1 Å². The molecule has 3 aromatic rings. The largest absolute Gasteiger partial charge is 0.355 e. The maximum Gasteiger partial charge on any atom is 0.253 e. The third-order valence-corrected chi connectivity index (χ3v) is 9.81. The van der Waals surface area contributed by atoms with E-state index in [1.807, 2.05) is 50.4 Å². The van der Waals surface area contributed by atoms with Gasteiger partial charge < -0.3 is 20.9 Å². The molecule has 2 aromatic heterocycles. The van der Waals surface area contributed by atoms with Crippen LogP contribution in [-0.4, -0.2) is 77.4 Å². The van der Waals surface area contributed by atoms with Crippen LogP contribution in [0.5, 0.6) is 0 Å². The van der Waals surface area contributed by atoms with Gasteiger partial charge in [-0.3, -0.25) is 9.59 Å². The molecule has 5 rings (SSSR count). The summed E-state index contributed by atoms with van der Waals surface area (Å²) in [5.74, 6) is -0.936. The summed E-state index contributed by atoms with van der Waals surface area (Å²) in [6.45, 7) is 6.99. The maximum atomic E-state index is 14.2. The average molecular weight is 568 g/mol. The van der Waals surface area contributed by atoms with Gasteiger partial charge in [0.25, 0.3) is 5.91 Å². The molecule has 214 valence electrons. The molecule has 3 atom stereocenters. The van der Waals surface area contributed by atoms with Gasteiger partial charge in [-0.1, -0.05) is 31.2 Å². The van der Waals surface area contributed by atoms with E-state index in [-0.39, 0.29) is 17.7 Å². The number of sulfone groups is 1. The summed E-state index contributed by atoms with van der Waals surface area (Å²) >= 11 is 0. The van der Waals surface area contributed by atoms with Gasteiger partial charge in [0.1, 0.15) is 17.1 Å². The molecule has 1 aliphatic heterocycles. The monoisotopic (exact) mass is 567 g/mol. The number of aryl methyl sites for hydroxylation is 2. The molecule has 1 aromatic carbocycles. The predicted molar refractivity (Wildman–Crippen MR) is 153 cm³/mol. The van der Waals surface area contributed by atoms with E-state index in [0.717, 1.165) is 36.5 Å². The zero-order valence-electron chi connectivity index (χ0n) is 23.4. The molecule has 12 heteroatoms. The van der Waals surface area contributed by atoms with Crippen LogP contribution >= 0.6 is 0 Å². The minimum atomic E-state index is -3.57. The molecule has 3 heterocycles. The third-order valence-electron chi connectivity index (χ3n) is 8.23. The molecule has 40 heavy (non-hydrogen) atoms. The van der Waals surface area contributed by atoms with Crippen molar-refractivity contribution in [1.29, 1.82) is 0 Å². The van der Waals surface area contributed by atoms with Crippen LogP contribution in [0.15, 0.2) is 36.5 Å². The van der Waals surface area contributed by atoms with Crippen molar-refractivity contribution in [3.8, 4) is 0 Å². The van der Waals surface area contributed by atoms with Crippen molar-refractivity contribution in [2.24, 2.45) is 5.73 Å². The molecule has 2 aliphatic rings. The SMILES string of the molecule is CCS(=O)(=O)CC(=O)NC1(C(=O)N(C)[C@@H](C)c2cc3nc(N4CC[C@H](N)C4)c(C)cn3n2)CCc2ccccc21. The molecular weight excluding hydrogens is 530 g/mol. The molecule has 1 fully saturated rings. The quantitative estimate of drug-likeness (QED) is 0.417. The number of aromatic nitrogens is 3. The number of fused-ring (bicyclic) bond motifs is 2. The standard InChI is InChI=1S/C28H37N7O4S/c1-5-40(38,39)17-25(36)31-28(12-10-20-8-6-7-9-22(20)28)27(37)33(4)19(3)23-14-24-30-26(18(2)15-35(24)32-23)34-13-11-21(29)16-34/h6-9,14-15,19,21H,5,10-13,16-17,29H2,1-4H3,(H,31,36)/t19-,21-,28?/m0/s1. The van der Waals surface area contributed by atoms with E-state index in [1.165, 1.54) is 6.92 Å². The molecule has 0 saturated carbocycles. The second kappa shape index (κ2) is 10.5. The molecule has 0 spiro atoms. The number of likely N-dealkylation sites (N-methyl/N-ethyl adjacent to an activating group) is 1. The van der Waals surface area contributed by atoms with E-state index < -0.39 is 33.1 Å². The Kier molecular flexibility index (Phi) is 7.34. The van der Waals surface area contributed by atoms with Crippen molar-refractivity contribution in [1.82, 2.24) is 24.8 Å². The number of benzene rings is 1. The van der Waals surface area contributed by atoms with E-state index in [1.54, 1.807) is 16.5 Å². The lowest BCUT2D eigenvalue weighted by Crippen LogP contribution is -2.56. The van der Waals surface area contributed by atoms with Gasteiger partial charge in [-0.2, -0.15) is 5.10 Å². The van der Waals surface area contributed by atoms with E-state index in [9.17, 15) is 18.0 Å². The van der Waals surface area contributed by atoms with Crippen LogP contribution in [0.2, 0.25) is 0 Å². The number of nitrogens with zero attached hydrogens (tertiary/aromatic N) is 5. The number of nitrogens with one attached hydrogen (secondary N) is 1. The predicted octanol–water partition coefficient (Wildman–Crippen LogP) is 1.49. The first-order valence-corrected chi connectivity index (χ1v) is 15.5. The molecular formula is C28H37N7O4S. The molecule has 3 N–H and O–H groups in total.